The molecule has 0 saturated heterocycles. The molecule has 0 aliphatic heterocycles. The molecule has 1 N–H and O–H groups in total. The first-order chi connectivity index (χ1) is 7.02. The minimum Gasteiger partial charge on any atom is -0.349 e. The molecule has 0 radical (unpaired) electrons. The molecular weight excluding hydrogens is 301 g/mol. The van der Waals surface area contributed by atoms with E-state index in [2.05, 4.69) is 41.8 Å². The quantitative estimate of drug-likeness (QED) is 0.853. The molecule has 1 atom stereocenters. The maximum Gasteiger partial charge on any atom is 0.252 e. The summed E-state index contributed by atoms with van der Waals surface area (Å²) in [4.78, 5) is 11.9. The largest absolute Gasteiger partial charge is 0.349 e. The van der Waals surface area contributed by atoms with Gasteiger partial charge in [0.25, 0.3) is 5.91 Å². The highest BCUT2D eigenvalue weighted by Crippen LogP contribution is 2.12. The molecule has 1 aromatic rings. The Kier molecular flexibility index (Phi) is 4.57. The SMILES string of the molecule is CC(C)[C@@H](C)NC(=O)c1ccccc1I. The smallest absolute Gasteiger partial charge is 0.252 e. The van der Waals surface area contributed by atoms with Crippen molar-refractivity contribution in [2.24, 2.45) is 5.92 Å². The fraction of sp³-hybridized carbons (Fsp3) is 0.417. The first kappa shape index (κ1) is 12.5. The van der Waals surface area contributed by atoms with Crippen molar-refractivity contribution in [1.29, 1.82) is 0 Å². The second-order valence-electron chi connectivity index (χ2n) is 3.99. The molecule has 1 amide bonds. The summed E-state index contributed by atoms with van der Waals surface area (Å²) in [6.45, 7) is 6.22. The summed E-state index contributed by atoms with van der Waals surface area (Å²) < 4.78 is 0.989. The van der Waals surface area contributed by atoms with Crippen LogP contribution < -0.4 is 5.32 Å². The summed E-state index contributed by atoms with van der Waals surface area (Å²) in [5, 5.41) is 2.99. The topological polar surface area (TPSA) is 29.1 Å². The van der Waals surface area contributed by atoms with Crippen molar-refractivity contribution in [3.8, 4) is 0 Å². The van der Waals surface area contributed by atoms with Crippen LogP contribution in [0.15, 0.2) is 24.3 Å². The Balaban J connectivity index is 2.74. The molecule has 0 saturated carbocycles. The fourth-order valence-corrected chi connectivity index (χ4v) is 1.73. The highest BCUT2D eigenvalue weighted by Gasteiger charge is 2.13. The Morgan fingerprint density at radius 3 is 2.40 bits per heavy atom. The summed E-state index contributed by atoms with van der Waals surface area (Å²) in [5.41, 5.74) is 0.755. The lowest BCUT2D eigenvalue weighted by atomic mass is 10.1. The van der Waals surface area contributed by atoms with Crippen LogP contribution in [0.2, 0.25) is 0 Å². The molecule has 2 nitrogen and oxygen atoms in total. The first-order valence-corrected chi connectivity index (χ1v) is 6.15. The van der Waals surface area contributed by atoms with Crippen molar-refractivity contribution in [3.05, 3.63) is 33.4 Å². The van der Waals surface area contributed by atoms with E-state index < -0.39 is 0 Å². The molecule has 0 unspecified atom stereocenters. The van der Waals surface area contributed by atoms with Crippen LogP contribution >= 0.6 is 22.6 Å². The van der Waals surface area contributed by atoms with Gasteiger partial charge >= 0.3 is 0 Å². The predicted octanol–water partition coefficient (Wildman–Crippen LogP) is 3.07. The summed E-state index contributed by atoms with van der Waals surface area (Å²) in [6, 6.07) is 7.81. The van der Waals surface area contributed by atoms with Crippen molar-refractivity contribution in [1.82, 2.24) is 5.32 Å². The van der Waals surface area contributed by atoms with Crippen molar-refractivity contribution in [2.75, 3.05) is 0 Å². The minimum absolute atomic E-state index is 0.0150. The number of nitrogens with one attached hydrogen (secondary N) is 1. The van der Waals surface area contributed by atoms with E-state index >= 15 is 0 Å². The van der Waals surface area contributed by atoms with E-state index in [0.717, 1.165) is 9.13 Å². The molecule has 82 valence electrons. The van der Waals surface area contributed by atoms with Crippen LogP contribution in [0.3, 0.4) is 0 Å². The fourth-order valence-electron chi connectivity index (χ4n) is 1.10. The zero-order chi connectivity index (χ0) is 11.4. The third kappa shape index (κ3) is 3.48. The normalized spacial score (nSPS) is 12.6. The number of carbonyl (C=O) groups is 1. The third-order valence-electron chi connectivity index (χ3n) is 2.48. The van der Waals surface area contributed by atoms with E-state index in [1.807, 2.05) is 31.2 Å². The van der Waals surface area contributed by atoms with Gasteiger partial charge in [-0.1, -0.05) is 26.0 Å². The van der Waals surface area contributed by atoms with E-state index in [-0.39, 0.29) is 11.9 Å². The number of hydrogen-bond donors (Lipinski definition) is 1. The molecule has 0 aromatic heterocycles. The molecule has 0 fully saturated rings. The molecule has 1 aromatic carbocycles. The monoisotopic (exact) mass is 317 g/mol. The number of benzene rings is 1. The summed E-state index contributed by atoms with van der Waals surface area (Å²) in [5.74, 6) is 0.469. The van der Waals surface area contributed by atoms with Gasteiger partial charge in [0.2, 0.25) is 0 Å². The Labute approximate surface area is 105 Å². The first-order valence-electron chi connectivity index (χ1n) is 5.07. The Morgan fingerprint density at radius 2 is 1.87 bits per heavy atom. The maximum atomic E-state index is 11.9. The molecule has 0 aliphatic carbocycles. The molecule has 0 aliphatic rings. The van der Waals surface area contributed by atoms with Gasteiger partial charge < -0.3 is 5.32 Å². The van der Waals surface area contributed by atoms with Crippen LogP contribution in [0.1, 0.15) is 31.1 Å². The second-order valence-corrected chi connectivity index (χ2v) is 5.15. The van der Waals surface area contributed by atoms with Crippen molar-refractivity contribution >= 4 is 28.5 Å². The average molecular weight is 317 g/mol. The molecule has 3 heteroatoms. The molecule has 0 bridgehead atoms. The standard InChI is InChI=1S/C12H16INO/c1-8(2)9(3)14-12(15)10-6-4-5-7-11(10)13/h4-9H,1-3H3,(H,14,15)/t9-/m1/s1. The van der Waals surface area contributed by atoms with Gasteiger partial charge in [0.15, 0.2) is 0 Å². The van der Waals surface area contributed by atoms with E-state index in [1.165, 1.54) is 0 Å². The maximum absolute atomic E-state index is 11.9. The summed E-state index contributed by atoms with van der Waals surface area (Å²) >= 11 is 2.18. The van der Waals surface area contributed by atoms with E-state index in [9.17, 15) is 4.79 Å². The van der Waals surface area contributed by atoms with Gasteiger partial charge in [0.1, 0.15) is 0 Å². The van der Waals surface area contributed by atoms with Crippen molar-refractivity contribution < 1.29 is 4.79 Å². The van der Waals surface area contributed by atoms with E-state index in [1.54, 1.807) is 0 Å². The number of carbonyl (C=O) groups excluding carboxylic acids is 1. The summed E-state index contributed by atoms with van der Waals surface area (Å²) in [7, 11) is 0. The van der Waals surface area contributed by atoms with Gasteiger partial charge in [0, 0.05) is 9.61 Å². The number of amides is 1. The van der Waals surface area contributed by atoms with Gasteiger partial charge in [-0.15, -0.1) is 0 Å². The molecule has 1 rings (SSSR count). The molecule has 15 heavy (non-hydrogen) atoms. The third-order valence-corrected chi connectivity index (χ3v) is 3.42. The zero-order valence-electron chi connectivity index (χ0n) is 9.25. The van der Waals surface area contributed by atoms with E-state index in [4.69, 9.17) is 0 Å². The van der Waals surface area contributed by atoms with Crippen LogP contribution in [-0.4, -0.2) is 11.9 Å². The van der Waals surface area contributed by atoms with Gasteiger partial charge in [-0.3, -0.25) is 4.79 Å². The average Bonchev–Trinajstić information content (AvgIpc) is 2.18. The van der Waals surface area contributed by atoms with Crippen LogP contribution in [0.4, 0.5) is 0 Å². The minimum atomic E-state index is 0.0150. The van der Waals surface area contributed by atoms with Crippen molar-refractivity contribution in [3.63, 3.8) is 0 Å². The molecular formula is C12H16INO. The Hall–Kier alpha value is -0.580. The van der Waals surface area contributed by atoms with E-state index in [0.29, 0.717) is 5.92 Å². The van der Waals surface area contributed by atoms with Crippen LogP contribution in [0, 0.1) is 9.49 Å². The van der Waals surface area contributed by atoms with Crippen LogP contribution in [0.5, 0.6) is 0 Å². The Bertz CT molecular complexity index is 349. The highest BCUT2D eigenvalue weighted by atomic mass is 127. The Morgan fingerprint density at radius 1 is 1.27 bits per heavy atom. The lowest BCUT2D eigenvalue weighted by molar-refractivity contribution is 0.0929. The van der Waals surface area contributed by atoms with Gasteiger partial charge in [0.05, 0.1) is 5.56 Å². The number of halogens is 1. The molecule has 0 heterocycles. The van der Waals surface area contributed by atoms with Crippen LogP contribution in [0.25, 0.3) is 0 Å². The number of hydrogen-bond acceptors (Lipinski definition) is 1. The lowest BCUT2D eigenvalue weighted by Crippen LogP contribution is -2.36. The van der Waals surface area contributed by atoms with Gasteiger partial charge in [-0.2, -0.15) is 0 Å². The predicted molar refractivity (Wildman–Crippen MR) is 70.9 cm³/mol. The second kappa shape index (κ2) is 5.49. The van der Waals surface area contributed by atoms with Crippen LogP contribution in [-0.2, 0) is 0 Å². The lowest BCUT2D eigenvalue weighted by Gasteiger charge is -2.17. The molecule has 0 spiro atoms. The van der Waals surface area contributed by atoms with Crippen molar-refractivity contribution in [2.45, 2.75) is 26.8 Å². The highest BCUT2D eigenvalue weighted by molar-refractivity contribution is 14.1. The zero-order valence-corrected chi connectivity index (χ0v) is 11.4. The summed E-state index contributed by atoms with van der Waals surface area (Å²) in [6.07, 6.45) is 0. The van der Waals surface area contributed by atoms with Gasteiger partial charge in [-0.05, 0) is 47.6 Å². The number of rotatable bonds is 3. The van der Waals surface area contributed by atoms with Gasteiger partial charge in [-0.25, -0.2) is 0 Å².